The SMILES string of the molecule is CCNC(=O)NC[C@@H]1c2cc(OC)c(OC)cc2CC[NH+]1Cc1cccc(C)c1. The maximum absolute atomic E-state index is 12.1. The molecule has 1 aliphatic heterocycles. The average molecular weight is 399 g/mol. The molecule has 3 N–H and O–H groups in total. The van der Waals surface area contributed by atoms with Gasteiger partial charge in [-0.15, -0.1) is 0 Å². The van der Waals surface area contributed by atoms with E-state index in [2.05, 4.69) is 54.0 Å². The second-order valence-electron chi connectivity index (χ2n) is 7.52. The first-order chi connectivity index (χ1) is 14.0. The van der Waals surface area contributed by atoms with Gasteiger partial charge >= 0.3 is 6.03 Å². The number of rotatable bonds is 7. The largest absolute Gasteiger partial charge is 0.493 e. The lowest BCUT2D eigenvalue weighted by Gasteiger charge is -2.35. The van der Waals surface area contributed by atoms with Crippen molar-refractivity contribution in [1.82, 2.24) is 10.6 Å². The third-order valence-corrected chi connectivity index (χ3v) is 5.55. The Hall–Kier alpha value is -2.73. The number of hydrogen-bond acceptors (Lipinski definition) is 3. The highest BCUT2D eigenvalue weighted by Gasteiger charge is 2.32. The number of hydrogen-bond donors (Lipinski definition) is 3. The molecule has 156 valence electrons. The summed E-state index contributed by atoms with van der Waals surface area (Å²) in [4.78, 5) is 13.5. The lowest BCUT2D eigenvalue weighted by molar-refractivity contribution is -0.945. The van der Waals surface area contributed by atoms with E-state index in [0.29, 0.717) is 13.1 Å². The molecular weight excluding hydrogens is 366 g/mol. The highest BCUT2D eigenvalue weighted by Crippen LogP contribution is 2.34. The van der Waals surface area contributed by atoms with Crippen molar-refractivity contribution in [3.63, 3.8) is 0 Å². The summed E-state index contributed by atoms with van der Waals surface area (Å²) in [5.74, 6) is 1.48. The zero-order chi connectivity index (χ0) is 20.8. The van der Waals surface area contributed by atoms with Crippen LogP contribution in [-0.4, -0.2) is 39.9 Å². The van der Waals surface area contributed by atoms with Crippen molar-refractivity contribution in [3.05, 3.63) is 58.7 Å². The number of amides is 2. The maximum Gasteiger partial charge on any atom is 0.315 e. The number of quaternary nitrogens is 1. The van der Waals surface area contributed by atoms with Gasteiger partial charge in [0.15, 0.2) is 11.5 Å². The summed E-state index contributed by atoms with van der Waals surface area (Å²) in [5.41, 5.74) is 5.06. The average Bonchev–Trinajstić information content (AvgIpc) is 2.72. The second kappa shape index (κ2) is 9.65. The Kier molecular flexibility index (Phi) is 6.99. The minimum absolute atomic E-state index is 0.130. The van der Waals surface area contributed by atoms with Crippen LogP contribution in [0.4, 0.5) is 4.79 Å². The van der Waals surface area contributed by atoms with Gasteiger partial charge in [-0.3, -0.25) is 0 Å². The Labute approximate surface area is 173 Å². The fraction of sp³-hybridized carbons (Fsp3) is 0.435. The number of methoxy groups -OCH3 is 2. The van der Waals surface area contributed by atoms with E-state index < -0.39 is 0 Å². The van der Waals surface area contributed by atoms with Crippen LogP contribution >= 0.6 is 0 Å². The molecule has 6 nitrogen and oxygen atoms in total. The Bertz CT molecular complexity index is 853. The van der Waals surface area contributed by atoms with Gasteiger partial charge in [0.1, 0.15) is 12.6 Å². The van der Waals surface area contributed by atoms with Crippen LogP contribution < -0.4 is 25.0 Å². The topological polar surface area (TPSA) is 64.0 Å². The number of fused-ring (bicyclic) bond motifs is 1. The highest BCUT2D eigenvalue weighted by atomic mass is 16.5. The van der Waals surface area contributed by atoms with Crippen LogP contribution in [0.1, 0.15) is 35.2 Å². The van der Waals surface area contributed by atoms with Crippen molar-refractivity contribution in [2.45, 2.75) is 32.9 Å². The molecule has 0 bridgehead atoms. The first-order valence-electron chi connectivity index (χ1n) is 10.2. The molecule has 1 heterocycles. The predicted octanol–water partition coefficient (Wildman–Crippen LogP) is 2.01. The number of urea groups is 1. The summed E-state index contributed by atoms with van der Waals surface area (Å²) in [6.45, 7) is 7.13. The van der Waals surface area contributed by atoms with Gasteiger partial charge in [0, 0.05) is 24.1 Å². The molecule has 0 aromatic heterocycles. The van der Waals surface area contributed by atoms with Gasteiger partial charge in [-0.25, -0.2) is 4.79 Å². The van der Waals surface area contributed by atoms with Gasteiger partial charge in [0.2, 0.25) is 0 Å². The number of carbonyl (C=O) groups is 1. The molecule has 0 radical (unpaired) electrons. The number of benzene rings is 2. The fourth-order valence-electron chi connectivity index (χ4n) is 4.14. The van der Waals surface area contributed by atoms with Crippen LogP contribution in [0.3, 0.4) is 0 Å². The smallest absolute Gasteiger partial charge is 0.315 e. The highest BCUT2D eigenvalue weighted by molar-refractivity contribution is 5.73. The molecule has 29 heavy (non-hydrogen) atoms. The Morgan fingerprint density at radius 1 is 1.14 bits per heavy atom. The monoisotopic (exact) mass is 398 g/mol. The molecule has 2 aromatic rings. The number of ether oxygens (including phenoxy) is 2. The van der Waals surface area contributed by atoms with Crippen molar-refractivity contribution in [2.75, 3.05) is 33.9 Å². The van der Waals surface area contributed by atoms with Crippen molar-refractivity contribution < 1.29 is 19.2 Å². The first kappa shape index (κ1) is 21.0. The summed E-state index contributed by atoms with van der Waals surface area (Å²) in [5, 5.41) is 5.86. The number of nitrogens with one attached hydrogen (secondary N) is 3. The molecule has 0 fully saturated rings. The van der Waals surface area contributed by atoms with Gasteiger partial charge in [-0.1, -0.05) is 29.8 Å². The summed E-state index contributed by atoms with van der Waals surface area (Å²) < 4.78 is 11.0. The van der Waals surface area contributed by atoms with Crippen LogP contribution in [0.25, 0.3) is 0 Å². The summed E-state index contributed by atoms with van der Waals surface area (Å²) >= 11 is 0. The molecule has 1 unspecified atom stereocenters. The van der Waals surface area contributed by atoms with Gasteiger partial charge < -0.3 is 25.0 Å². The van der Waals surface area contributed by atoms with E-state index in [4.69, 9.17) is 9.47 Å². The van der Waals surface area contributed by atoms with E-state index >= 15 is 0 Å². The zero-order valence-corrected chi connectivity index (χ0v) is 17.8. The third kappa shape index (κ3) is 5.01. The number of carbonyl (C=O) groups excluding carboxylic acids is 1. The fourth-order valence-corrected chi connectivity index (χ4v) is 4.14. The molecule has 0 spiro atoms. The summed E-state index contributed by atoms with van der Waals surface area (Å²) in [6.07, 6.45) is 0.967. The lowest BCUT2D eigenvalue weighted by Crippen LogP contribution is -3.12. The Balaban J connectivity index is 1.91. The minimum Gasteiger partial charge on any atom is -0.493 e. The predicted molar refractivity (Wildman–Crippen MR) is 114 cm³/mol. The Morgan fingerprint density at radius 2 is 1.90 bits per heavy atom. The van der Waals surface area contributed by atoms with Crippen LogP contribution in [-0.2, 0) is 13.0 Å². The van der Waals surface area contributed by atoms with Crippen molar-refractivity contribution in [2.24, 2.45) is 0 Å². The second-order valence-corrected chi connectivity index (χ2v) is 7.52. The van der Waals surface area contributed by atoms with E-state index in [1.807, 2.05) is 6.92 Å². The standard InChI is InChI=1S/C23H31N3O3/c1-5-24-23(27)25-14-20-19-13-22(29-4)21(28-3)12-18(19)9-10-26(20)15-17-8-6-7-16(2)11-17/h6-8,11-13,20H,5,9-10,14-15H2,1-4H3,(H2,24,25,27)/p+1/t20-/m1/s1. The van der Waals surface area contributed by atoms with E-state index in [1.165, 1.54) is 27.2 Å². The van der Waals surface area contributed by atoms with Crippen LogP contribution in [0.2, 0.25) is 0 Å². The van der Waals surface area contributed by atoms with Gasteiger partial charge in [0.25, 0.3) is 0 Å². The van der Waals surface area contributed by atoms with E-state index in [9.17, 15) is 4.79 Å². The van der Waals surface area contributed by atoms with Crippen molar-refractivity contribution >= 4 is 6.03 Å². The van der Waals surface area contributed by atoms with E-state index in [-0.39, 0.29) is 12.1 Å². The molecule has 0 aliphatic carbocycles. The van der Waals surface area contributed by atoms with Crippen LogP contribution in [0.15, 0.2) is 36.4 Å². The molecule has 3 rings (SSSR count). The van der Waals surface area contributed by atoms with Gasteiger partial charge in [0.05, 0.1) is 27.3 Å². The number of aryl methyl sites for hydroxylation is 1. The maximum atomic E-state index is 12.1. The minimum atomic E-state index is -0.130. The van der Waals surface area contributed by atoms with Gasteiger partial charge in [-0.05, 0) is 31.5 Å². The summed E-state index contributed by atoms with van der Waals surface area (Å²) in [6, 6.07) is 12.8. The van der Waals surface area contributed by atoms with E-state index in [0.717, 1.165) is 31.0 Å². The van der Waals surface area contributed by atoms with Gasteiger partial charge in [-0.2, -0.15) is 0 Å². The van der Waals surface area contributed by atoms with Crippen LogP contribution in [0.5, 0.6) is 11.5 Å². The third-order valence-electron chi connectivity index (χ3n) is 5.55. The molecule has 0 saturated carbocycles. The van der Waals surface area contributed by atoms with Crippen molar-refractivity contribution in [3.8, 4) is 11.5 Å². The summed E-state index contributed by atoms with van der Waals surface area (Å²) in [7, 11) is 3.32. The first-order valence-corrected chi connectivity index (χ1v) is 10.2. The zero-order valence-electron chi connectivity index (χ0n) is 17.8. The molecule has 2 aromatic carbocycles. The van der Waals surface area contributed by atoms with E-state index in [1.54, 1.807) is 14.2 Å². The molecule has 6 heteroatoms. The Morgan fingerprint density at radius 3 is 2.59 bits per heavy atom. The normalized spacial score (nSPS) is 17.9. The quantitative estimate of drug-likeness (QED) is 0.669. The van der Waals surface area contributed by atoms with Crippen LogP contribution in [0, 0.1) is 6.92 Å². The molecular formula is C23H32N3O3+. The van der Waals surface area contributed by atoms with Crippen molar-refractivity contribution in [1.29, 1.82) is 0 Å². The molecule has 1 aliphatic rings. The molecule has 0 saturated heterocycles. The lowest BCUT2D eigenvalue weighted by atomic mass is 9.91. The molecule has 2 atom stereocenters. The molecule has 2 amide bonds.